The Morgan fingerprint density at radius 2 is 2.12 bits per heavy atom. The maximum Gasteiger partial charge on any atom is 0.233 e. The van der Waals surface area contributed by atoms with Gasteiger partial charge in [-0.15, -0.1) is 0 Å². The molecule has 3 aliphatic rings. The van der Waals surface area contributed by atoms with Crippen molar-refractivity contribution in [1.82, 2.24) is 10.2 Å². The average molecular weight is 372 g/mol. The van der Waals surface area contributed by atoms with Gasteiger partial charge in [-0.05, 0) is 56.0 Å². The van der Waals surface area contributed by atoms with Crippen LogP contribution in [0.4, 0.5) is 5.69 Å². The van der Waals surface area contributed by atoms with Crippen LogP contribution in [0.25, 0.3) is 0 Å². The van der Waals surface area contributed by atoms with E-state index in [2.05, 4.69) is 11.4 Å². The van der Waals surface area contributed by atoms with Gasteiger partial charge in [-0.1, -0.05) is 25.1 Å². The lowest BCUT2D eigenvalue weighted by Crippen LogP contribution is -2.62. The Kier molecular flexibility index (Phi) is 4.69. The second-order valence-electron chi connectivity index (χ2n) is 7.53. The first-order valence-electron chi connectivity index (χ1n) is 9.61. The molecule has 2 fully saturated rings. The lowest BCUT2D eigenvalue weighted by molar-refractivity contribution is -0.137. The van der Waals surface area contributed by atoms with Crippen molar-refractivity contribution in [3.8, 4) is 0 Å². The van der Waals surface area contributed by atoms with E-state index in [1.807, 2.05) is 30.0 Å². The van der Waals surface area contributed by atoms with Crippen LogP contribution in [0.5, 0.6) is 0 Å². The van der Waals surface area contributed by atoms with Gasteiger partial charge in [0, 0.05) is 30.7 Å². The molecule has 1 N–H and O–H groups in total. The first kappa shape index (κ1) is 17.5. The van der Waals surface area contributed by atoms with Gasteiger partial charge in [0.1, 0.15) is 0 Å². The second-order valence-corrected chi connectivity index (χ2v) is 7.92. The predicted octanol–water partition coefficient (Wildman–Crippen LogP) is 2.49. The number of nitrogens with one attached hydrogen (secondary N) is 1. The van der Waals surface area contributed by atoms with Crippen LogP contribution >= 0.6 is 12.2 Å². The maximum absolute atomic E-state index is 13.1. The van der Waals surface area contributed by atoms with Crippen molar-refractivity contribution in [1.29, 1.82) is 0 Å². The molecule has 3 atom stereocenters. The number of benzene rings is 1. The summed E-state index contributed by atoms with van der Waals surface area (Å²) in [5.74, 6) is 0.244. The first-order chi connectivity index (χ1) is 12.6. The van der Waals surface area contributed by atoms with Gasteiger partial charge < -0.3 is 10.2 Å². The third-order valence-corrected chi connectivity index (χ3v) is 6.28. The summed E-state index contributed by atoms with van der Waals surface area (Å²) in [6.45, 7) is 3.48. The molecule has 0 radical (unpaired) electrons. The number of carbonyl (C=O) groups is 2. The Morgan fingerprint density at radius 1 is 1.31 bits per heavy atom. The third kappa shape index (κ3) is 2.90. The van der Waals surface area contributed by atoms with Crippen LogP contribution in [0, 0.1) is 11.8 Å². The number of amides is 2. The van der Waals surface area contributed by atoms with Gasteiger partial charge in [0.05, 0.1) is 5.92 Å². The summed E-state index contributed by atoms with van der Waals surface area (Å²) >= 11 is 5.40. The van der Waals surface area contributed by atoms with Gasteiger partial charge in [-0.3, -0.25) is 14.5 Å². The Labute approximate surface area is 159 Å². The van der Waals surface area contributed by atoms with Crippen LogP contribution in [0.3, 0.4) is 0 Å². The van der Waals surface area contributed by atoms with Crippen LogP contribution in [0.15, 0.2) is 24.3 Å². The van der Waals surface area contributed by atoms with E-state index >= 15 is 0 Å². The van der Waals surface area contributed by atoms with Gasteiger partial charge in [0.15, 0.2) is 5.11 Å². The molecule has 2 amide bonds. The van der Waals surface area contributed by atoms with E-state index in [0.29, 0.717) is 18.1 Å². The summed E-state index contributed by atoms with van der Waals surface area (Å²) in [6, 6.07) is 8.14. The Morgan fingerprint density at radius 3 is 2.92 bits per heavy atom. The first-order valence-corrected chi connectivity index (χ1v) is 10.0. The molecule has 3 unspecified atom stereocenters. The number of hydrogen-bond acceptors (Lipinski definition) is 3. The molecule has 1 saturated heterocycles. The van der Waals surface area contributed by atoms with Gasteiger partial charge in [0.2, 0.25) is 11.8 Å². The molecule has 138 valence electrons. The van der Waals surface area contributed by atoms with Crippen molar-refractivity contribution in [2.75, 3.05) is 18.0 Å². The SMILES string of the molecule is CCCN1C(=O)C2CCC(C(=O)N3CCc4ccccc43)CC2NC1=S. The van der Waals surface area contributed by atoms with Crippen molar-refractivity contribution in [3.63, 3.8) is 0 Å². The van der Waals surface area contributed by atoms with E-state index in [0.717, 1.165) is 37.9 Å². The minimum atomic E-state index is -0.0526. The third-order valence-electron chi connectivity index (χ3n) is 5.94. The molecule has 5 nitrogen and oxygen atoms in total. The highest BCUT2D eigenvalue weighted by atomic mass is 32.1. The van der Waals surface area contributed by atoms with Crippen LogP contribution in [0.1, 0.15) is 38.2 Å². The number of nitrogens with zero attached hydrogens (tertiary/aromatic N) is 2. The zero-order chi connectivity index (χ0) is 18.3. The van der Waals surface area contributed by atoms with Crippen LogP contribution in [0.2, 0.25) is 0 Å². The summed E-state index contributed by atoms with van der Waals surface area (Å²) in [7, 11) is 0. The standard InChI is InChI=1S/C20H25N3O2S/c1-2-10-23-19(25)15-8-7-14(12-16(15)21-20(23)26)18(24)22-11-9-13-5-3-4-6-17(13)22/h3-6,14-16H,2,7-12H2,1H3,(H,21,26). The Bertz CT molecular complexity index is 750. The van der Waals surface area contributed by atoms with Crippen molar-refractivity contribution >= 4 is 34.8 Å². The van der Waals surface area contributed by atoms with Crippen LogP contribution in [-0.2, 0) is 16.0 Å². The molecule has 2 aliphatic heterocycles. The van der Waals surface area contributed by atoms with E-state index in [-0.39, 0.29) is 29.7 Å². The number of rotatable bonds is 3. The van der Waals surface area contributed by atoms with Gasteiger partial charge in [-0.25, -0.2) is 0 Å². The molecule has 4 rings (SSSR count). The lowest BCUT2D eigenvalue weighted by atomic mass is 9.76. The van der Waals surface area contributed by atoms with Gasteiger partial charge in [-0.2, -0.15) is 0 Å². The second kappa shape index (κ2) is 6.99. The van der Waals surface area contributed by atoms with Crippen molar-refractivity contribution < 1.29 is 9.59 Å². The monoisotopic (exact) mass is 371 g/mol. The zero-order valence-corrected chi connectivity index (χ0v) is 15.9. The Hall–Kier alpha value is -1.95. The molecule has 1 saturated carbocycles. The fourth-order valence-electron chi connectivity index (χ4n) is 4.61. The van der Waals surface area contributed by atoms with E-state index in [4.69, 9.17) is 12.2 Å². The molecule has 0 aromatic heterocycles. The normalized spacial score (nSPS) is 27.8. The molecule has 26 heavy (non-hydrogen) atoms. The molecule has 1 aliphatic carbocycles. The zero-order valence-electron chi connectivity index (χ0n) is 15.1. The summed E-state index contributed by atoms with van der Waals surface area (Å²) in [5.41, 5.74) is 2.30. The fourth-order valence-corrected chi connectivity index (χ4v) is 4.94. The summed E-state index contributed by atoms with van der Waals surface area (Å²) < 4.78 is 0. The van der Waals surface area contributed by atoms with E-state index in [1.54, 1.807) is 4.90 Å². The fraction of sp³-hybridized carbons (Fsp3) is 0.550. The van der Waals surface area contributed by atoms with E-state index < -0.39 is 0 Å². The molecular formula is C20H25N3O2S. The highest BCUT2D eigenvalue weighted by molar-refractivity contribution is 7.80. The number of anilines is 1. The molecule has 1 aromatic rings. The van der Waals surface area contributed by atoms with Gasteiger partial charge in [0.25, 0.3) is 0 Å². The number of para-hydroxylation sites is 1. The molecule has 0 spiro atoms. The molecular weight excluding hydrogens is 346 g/mol. The number of carbonyl (C=O) groups excluding carboxylic acids is 2. The minimum Gasteiger partial charge on any atom is -0.359 e. The van der Waals surface area contributed by atoms with Gasteiger partial charge >= 0.3 is 0 Å². The largest absolute Gasteiger partial charge is 0.359 e. The van der Waals surface area contributed by atoms with Crippen molar-refractivity contribution in [2.24, 2.45) is 11.8 Å². The topological polar surface area (TPSA) is 52.7 Å². The van der Waals surface area contributed by atoms with Crippen molar-refractivity contribution in [2.45, 2.75) is 45.1 Å². The van der Waals surface area contributed by atoms with E-state index in [9.17, 15) is 9.59 Å². The summed E-state index contributed by atoms with van der Waals surface area (Å²) in [6.07, 6.45) is 4.03. The molecule has 6 heteroatoms. The molecule has 2 heterocycles. The highest BCUT2D eigenvalue weighted by Crippen LogP contribution is 2.36. The van der Waals surface area contributed by atoms with Crippen LogP contribution in [-0.4, -0.2) is 41.0 Å². The summed E-state index contributed by atoms with van der Waals surface area (Å²) in [5, 5.41) is 3.87. The minimum absolute atomic E-state index is 0.0105. The number of thiocarbonyl (C=S) groups is 1. The number of fused-ring (bicyclic) bond motifs is 2. The average Bonchev–Trinajstić information content (AvgIpc) is 3.08. The highest BCUT2D eigenvalue weighted by Gasteiger charge is 2.44. The number of hydrogen-bond donors (Lipinski definition) is 1. The maximum atomic E-state index is 13.1. The molecule has 1 aromatic carbocycles. The smallest absolute Gasteiger partial charge is 0.233 e. The predicted molar refractivity (Wildman–Crippen MR) is 105 cm³/mol. The van der Waals surface area contributed by atoms with Crippen molar-refractivity contribution in [3.05, 3.63) is 29.8 Å². The lowest BCUT2D eigenvalue weighted by Gasteiger charge is -2.44. The Balaban J connectivity index is 1.47. The van der Waals surface area contributed by atoms with Crippen LogP contribution < -0.4 is 10.2 Å². The summed E-state index contributed by atoms with van der Waals surface area (Å²) in [4.78, 5) is 29.5. The van der Waals surface area contributed by atoms with E-state index in [1.165, 1.54) is 5.56 Å². The molecule has 0 bridgehead atoms. The quantitative estimate of drug-likeness (QED) is 0.830.